The lowest BCUT2D eigenvalue weighted by Crippen LogP contribution is -2.52. The van der Waals surface area contributed by atoms with Crippen molar-refractivity contribution in [1.82, 2.24) is 0 Å². The molecule has 0 aliphatic heterocycles. The number of quaternary nitrogens is 2. The summed E-state index contributed by atoms with van der Waals surface area (Å²) in [6, 6.07) is 0. The van der Waals surface area contributed by atoms with Crippen LogP contribution >= 0.6 is 0 Å². The molecule has 0 spiro atoms. The van der Waals surface area contributed by atoms with Gasteiger partial charge in [0.05, 0.1) is 52.4 Å². The van der Waals surface area contributed by atoms with E-state index in [0.29, 0.717) is 0 Å². The monoisotopic (exact) mass is 511 g/mol. The van der Waals surface area contributed by atoms with Gasteiger partial charge in [-0.15, -0.1) is 0 Å². The third kappa shape index (κ3) is 18.2. The fourth-order valence-corrected chi connectivity index (χ4v) is 6.42. The Morgan fingerprint density at radius 3 is 0.500 bits per heavy atom. The molecule has 0 aromatic carbocycles. The lowest BCUT2D eigenvalue weighted by atomic mass is 10.1. The molecule has 0 aliphatic rings. The molecule has 2 heteroatoms. The molecule has 0 N–H and O–H groups in total. The predicted molar refractivity (Wildman–Crippen MR) is 166 cm³/mol. The molecule has 0 saturated carbocycles. The van der Waals surface area contributed by atoms with Gasteiger partial charge < -0.3 is 8.97 Å². The molecule has 0 aromatic heterocycles. The summed E-state index contributed by atoms with van der Waals surface area (Å²) in [6.45, 7) is 25.8. The van der Waals surface area contributed by atoms with Crippen molar-refractivity contribution < 1.29 is 8.97 Å². The first-order chi connectivity index (χ1) is 17.6. The Kier molecular flexibility index (Phi) is 25.2. The van der Waals surface area contributed by atoms with Crippen LogP contribution in [-0.4, -0.2) is 61.3 Å². The molecule has 0 radical (unpaired) electrons. The van der Waals surface area contributed by atoms with Crippen molar-refractivity contribution in [2.45, 2.75) is 170 Å². The van der Waals surface area contributed by atoms with Crippen molar-refractivity contribution in [2.75, 3.05) is 52.4 Å². The van der Waals surface area contributed by atoms with Crippen molar-refractivity contribution >= 4 is 0 Å². The van der Waals surface area contributed by atoms with E-state index >= 15 is 0 Å². The zero-order chi connectivity index (χ0) is 26.8. The van der Waals surface area contributed by atoms with Gasteiger partial charge in [0.15, 0.2) is 0 Å². The predicted octanol–water partition coefficient (Wildman–Crippen LogP) is 10.5. The number of hydrogen-bond acceptors (Lipinski definition) is 0. The molecule has 0 amide bonds. The highest BCUT2D eigenvalue weighted by atomic mass is 15.4. The van der Waals surface area contributed by atoms with Crippen LogP contribution in [0.15, 0.2) is 0 Å². The fraction of sp³-hybridized carbons (Fsp3) is 1.00. The molecular weight excluding hydrogens is 436 g/mol. The molecule has 0 rings (SSSR count). The normalized spacial score (nSPS) is 12.5. The third-order valence-electron chi connectivity index (χ3n) is 8.93. The van der Waals surface area contributed by atoms with Crippen molar-refractivity contribution in [3.8, 4) is 0 Å². The summed E-state index contributed by atoms with van der Waals surface area (Å²) >= 11 is 0. The summed E-state index contributed by atoms with van der Waals surface area (Å²) in [5, 5.41) is 0. The second kappa shape index (κ2) is 25.2. The molecule has 0 bridgehead atoms. The van der Waals surface area contributed by atoms with Gasteiger partial charge in [-0.05, 0) is 77.0 Å². The SMILES string of the molecule is CCCCC[N+](CCCCC)(CCCCC)CCCC[N+](CCCCC)(CCCCC)CCCCC. The molecule has 36 heavy (non-hydrogen) atoms. The third-order valence-corrected chi connectivity index (χ3v) is 8.93. The maximum atomic E-state index is 2.37. The van der Waals surface area contributed by atoms with E-state index in [0.717, 1.165) is 0 Å². The molecule has 0 aromatic rings. The van der Waals surface area contributed by atoms with E-state index in [1.54, 1.807) is 0 Å². The smallest absolute Gasteiger partial charge is 0.0788 e. The Hall–Kier alpha value is -0.0800. The Labute approximate surface area is 231 Å². The van der Waals surface area contributed by atoms with Crippen molar-refractivity contribution in [1.29, 1.82) is 0 Å². The molecule has 0 saturated heterocycles. The van der Waals surface area contributed by atoms with Gasteiger partial charge in [0.2, 0.25) is 0 Å². The molecule has 218 valence electrons. The van der Waals surface area contributed by atoms with E-state index in [9.17, 15) is 0 Å². The molecule has 0 heterocycles. The number of rotatable bonds is 29. The first-order valence-electron chi connectivity index (χ1n) is 17.3. The van der Waals surface area contributed by atoms with E-state index in [1.165, 1.54) is 190 Å². The first kappa shape index (κ1) is 35.9. The van der Waals surface area contributed by atoms with E-state index < -0.39 is 0 Å². The van der Waals surface area contributed by atoms with Crippen LogP contribution in [0.4, 0.5) is 0 Å². The van der Waals surface area contributed by atoms with Crippen molar-refractivity contribution in [3.63, 3.8) is 0 Å². The van der Waals surface area contributed by atoms with Crippen molar-refractivity contribution in [3.05, 3.63) is 0 Å². The maximum absolute atomic E-state index is 2.37. The number of nitrogens with zero attached hydrogens (tertiary/aromatic N) is 2. The molecule has 0 aliphatic carbocycles. The summed E-state index contributed by atoms with van der Waals surface area (Å²) < 4.78 is 2.89. The van der Waals surface area contributed by atoms with Crippen LogP contribution in [0.2, 0.25) is 0 Å². The average molecular weight is 511 g/mol. The molecule has 0 unspecified atom stereocenters. The highest BCUT2D eigenvalue weighted by Gasteiger charge is 2.29. The zero-order valence-corrected chi connectivity index (χ0v) is 26.7. The minimum absolute atomic E-state index is 1.36. The molecule has 2 nitrogen and oxygen atoms in total. The van der Waals surface area contributed by atoms with Crippen LogP contribution in [0.5, 0.6) is 0 Å². The lowest BCUT2D eigenvalue weighted by Gasteiger charge is -2.41. The Balaban J connectivity index is 5.31. The van der Waals surface area contributed by atoms with Gasteiger partial charge in [0.1, 0.15) is 0 Å². The summed E-state index contributed by atoms with van der Waals surface area (Å²) in [5.74, 6) is 0. The van der Waals surface area contributed by atoms with E-state index in [2.05, 4.69) is 41.5 Å². The fourth-order valence-electron chi connectivity index (χ4n) is 6.42. The second-order valence-electron chi connectivity index (χ2n) is 12.4. The van der Waals surface area contributed by atoms with Crippen LogP contribution in [0.3, 0.4) is 0 Å². The maximum Gasteiger partial charge on any atom is 0.0788 e. The van der Waals surface area contributed by atoms with E-state index in [4.69, 9.17) is 0 Å². The summed E-state index contributed by atoms with van der Waals surface area (Å²) in [5.41, 5.74) is 0. The van der Waals surface area contributed by atoms with Crippen LogP contribution in [-0.2, 0) is 0 Å². The number of unbranched alkanes of at least 4 members (excludes halogenated alkanes) is 13. The van der Waals surface area contributed by atoms with Gasteiger partial charge in [0.25, 0.3) is 0 Å². The Morgan fingerprint density at radius 1 is 0.222 bits per heavy atom. The number of hydrogen-bond donors (Lipinski definition) is 0. The minimum atomic E-state index is 1.36. The standard InChI is InChI=1S/C34H74N2/c1-7-13-19-27-35(28-20-14-8-2,29-21-15-9-3)33-25-26-34-36(30-22-16-10-4,31-23-17-11-5)32-24-18-12-6/h7-34H2,1-6H3/q+2. The Bertz CT molecular complexity index is 340. The minimum Gasteiger partial charge on any atom is -0.324 e. The van der Waals surface area contributed by atoms with Crippen molar-refractivity contribution in [2.24, 2.45) is 0 Å². The lowest BCUT2D eigenvalue weighted by molar-refractivity contribution is -0.935. The van der Waals surface area contributed by atoms with E-state index in [-0.39, 0.29) is 0 Å². The Morgan fingerprint density at radius 2 is 0.361 bits per heavy atom. The largest absolute Gasteiger partial charge is 0.324 e. The van der Waals surface area contributed by atoms with E-state index in [1.807, 2.05) is 0 Å². The van der Waals surface area contributed by atoms with Gasteiger partial charge in [-0.3, -0.25) is 0 Å². The summed E-state index contributed by atoms with van der Waals surface area (Å²) in [6.07, 6.45) is 28.3. The average Bonchev–Trinajstić information content (AvgIpc) is 2.87. The van der Waals surface area contributed by atoms with Crippen LogP contribution in [0.1, 0.15) is 170 Å². The molecule has 0 atom stereocenters. The van der Waals surface area contributed by atoms with Gasteiger partial charge in [-0.2, -0.15) is 0 Å². The first-order valence-corrected chi connectivity index (χ1v) is 17.3. The van der Waals surface area contributed by atoms with Gasteiger partial charge in [-0.1, -0.05) is 80.1 Å². The van der Waals surface area contributed by atoms with Crippen LogP contribution < -0.4 is 0 Å². The highest BCUT2D eigenvalue weighted by Crippen LogP contribution is 2.21. The molecular formula is C34H74N2+2. The molecule has 0 fully saturated rings. The second-order valence-corrected chi connectivity index (χ2v) is 12.4. The van der Waals surface area contributed by atoms with Gasteiger partial charge in [-0.25, -0.2) is 0 Å². The van der Waals surface area contributed by atoms with Gasteiger partial charge >= 0.3 is 0 Å². The topological polar surface area (TPSA) is 0 Å². The highest BCUT2D eigenvalue weighted by molar-refractivity contribution is 4.55. The van der Waals surface area contributed by atoms with Crippen LogP contribution in [0, 0.1) is 0 Å². The quantitative estimate of drug-likeness (QED) is 0.0693. The van der Waals surface area contributed by atoms with Crippen LogP contribution in [0.25, 0.3) is 0 Å². The van der Waals surface area contributed by atoms with Gasteiger partial charge in [0, 0.05) is 12.8 Å². The summed E-state index contributed by atoms with van der Waals surface area (Å²) in [7, 11) is 0. The zero-order valence-electron chi connectivity index (χ0n) is 26.7. The summed E-state index contributed by atoms with van der Waals surface area (Å²) in [4.78, 5) is 0.